The zero-order chi connectivity index (χ0) is 14.9. The molecular weight excluding hydrogens is 339 g/mol. The molecule has 0 aromatic carbocycles. The third kappa shape index (κ3) is 38.3. The number of rotatable bonds is 6. The van der Waals surface area contributed by atoms with Crippen molar-refractivity contribution in [2.24, 2.45) is 0 Å². The smallest absolute Gasteiger partial charge is 0.852 e. The van der Waals surface area contributed by atoms with Gasteiger partial charge in [0.25, 0.3) is 0 Å². The molecule has 3 heteroatoms. The van der Waals surface area contributed by atoms with Crippen molar-refractivity contribution in [3.8, 4) is 0 Å². The normalized spacial score (nSPS) is 13.1. The topological polar surface area (TPSA) is 46.1 Å². The Bertz CT molecular complexity index is 230. The van der Waals surface area contributed by atoms with E-state index in [1.54, 1.807) is 26.0 Å². The van der Waals surface area contributed by atoms with Gasteiger partial charge in [-0.3, -0.25) is 6.08 Å². The van der Waals surface area contributed by atoms with Crippen LogP contribution in [0.3, 0.4) is 0 Å². The van der Waals surface area contributed by atoms with E-state index >= 15 is 0 Å². The van der Waals surface area contributed by atoms with Crippen LogP contribution in [0, 0.1) is 13.5 Å². The van der Waals surface area contributed by atoms with Crippen LogP contribution < -0.4 is 10.2 Å². The van der Waals surface area contributed by atoms with Crippen molar-refractivity contribution in [2.45, 2.75) is 58.2 Å². The van der Waals surface area contributed by atoms with Gasteiger partial charge in [-0.05, 0) is 12.8 Å². The Kier molecular flexibility index (Phi) is 34.0. The van der Waals surface area contributed by atoms with Gasteiger partial charge in [0, 0.05) is 0 Å². The average molecular weight is 370 g/mol. The van der Waals surface area contributed by atoms with Gasteiger partial charge >= 0.3 is 26.2 Å². The Morgan fingerprint density at radius 1 is 1.10 bits per heavy atom. The number of allylic oxidation sites excluding steroid dienone is 6. The third-order valence-corrected chi connectivity index (χ3v) is 2.14. The summed E-state index contributed by atoms with van der Waals surface area (Å²) in [6, 6.07) is 0. The van der Waals surface area contributed by atoms with E-state index in [2.05, 4.69) is 25.3 Å². The van der Waals surface area contributed by atoms with Crippen LogP contribution in [0.25, 0.3) is 0 Å². The largest absolute Gasteiger partial charge is 4.00 e. The van der Waals surface area contributed by atoms with Crippen molar-refractivity contribution in [3.63, 3.8) is 0 Å². The predicted molar refractivity (Wildman–Crippen MR) is 85.8 cm³/mol. The van der Waals surface area contributed by atoms with Crippen LogP contribution in [-0.4, -0.2) is 12.2 Å². The first-order chi connectivity index (χ1) is 9.04. The second-order valence-corrected chi connectivity index (χ2v) is 4.36. The number of hydrogen-bond acceptors (Lipinski definition) is 2. The van der Waals surface area contributed by atoms with Crippen molar-refractivity contribution in [3.05, 3.63) is 57.0 Å². The molecule has 2 nitrogen and oxygen atoms in total. The average Bonchev–Trinajstić information content (AvgIpc) is 2.93. The molecule has 1 rings (SSSR count). The second-order valence-electron chi connectivity index (χ2n) is 4.36. The Morgan fingerprint density at radius 3 is 1.62 bits per heavy atom. The maximum Gasteiger partial charge on any atom is 4.00 e. The fourth-order valence-electron chi connectivity index (χ4n) is 1.05. The van der Waals surface area contributed by atoms with Crippen molar-refractivity contribution in [1.82, 2.24) is 0 Å². The summed E-state index contributed by atoms with van der Waals surface area (Å²) in [5.74, 6) is 0. The van der Waals surface area contributed by atoms with Gasteiger partial charge in [0.15, 0.2) is 0 Å². The van der Waals surface area contributed by atoms with Gasteiger partial charge in [-0.2, -0.15) is 6.08 Å². The fourth-order valence-corrected chi connectivity index (χ4v) is 1.05. The SMILES string of the molecule is C=CCCC(C)[O-].C=CCCC(C)[O-].[C-]1=CC=CC1.[CH3-].[Zr+4]. The summed E-state index contributed by atoms with van der Waals surface area (Å²) in [6.07, 6.45) is 15.9. The zero-order valence-corrected chi connectivity index (χ0v) is 16.3. The maximum absolute atomic E-state index is 10.2. The number of hydrogen-bond donors (Lipinski definition) is 0. The molecule has 2 unspecified atom stereocenters. The first-order valence-corrected chi connectivity index (χ1v) is 6.79. The molecule has 0 amide bonds. The second kappa shape index (κ2) is 24.8. The molecule has 2 atom stereocenters. The van der Waals surface area contributed by atoms with E-state index in [0.717, 1.165) is 32.1 Å². The molecule has 0 spiro atoms. The van der Waals surface area contributed by atoms with Gasteiger partial charge in [0.2, 0.25) is 0 Å². The van der Waals surface area contributed by atoms with E-state index in [1.807, 2.05) is 12.2 Å². The Labute approximate surface area is 151 Å². The summed E-state index contributed by atoms with van der Waals surface area (Å²) < 4.78 is 0. The Hall–Kier alpha value is -0.237. The van der Waals surface area contributed by atoms with Crippen molar-refractivity contribution in [2.75, 3.05) is 0 Å². The first-order valence-electron chi connectivity index (χ1n) is 6.79. The van der Waals surface area contributed by atoms with Gasteiger partial charge in [-0.1, -0.05) is 38.8 Å². The van der Waals surface area contributed by atoms with Crippen LogP contribution >= 0.6 is 0 Å². The predicted octanol–water partition coefficient (Wildman–Crippen LogP) is 3.16. The molecule has 118 valence electrons. The molecule has 0 N–H and O–H groups in total. The van der Waals surface area contributed by atoms with Gasteiger partial charge in [0.1, 0.15) is 0 Å². The molecule has 1 aliphatic carbocycles. The summed E-state index contributed by atoms with van der Waals surface area (Å²) in [4.78, 5) is 0. The van der Waals surface area contributed by atoms with E-state index in [0.29, 0.717) is 0 Å². The summed E-state index contributed by atoms with van der Waals surface area (Å²) in [7, 11) is 0. The van der Waals surface area contributed by atoms with E-state index in [1.165, 1.54) is 0 Å². The Balaban J connectivity index is -0.0000000994. The minimum Gasteiger partial charge on any atom is -0.852 e. The van der Waals surface area contributed by atoms with Crippen LogP contribution in [0.2, 0.25) is 0 Å². The third-order valence-electron chi connectivity index (χ3n) is 2.14. The van der Waals surface area contributed by atoms with Gasteiger partial charge in [0.05, 0.1) is 0 Å². The van der Waals surface area contributed by atoms with Crippen molar-refractivity contribution in [1.29, 1.82) is 0 Å². The van der Waals surface area contributed by atoms with E-state index in [-0.39, 0.29) is 33.6 Å². The summed E-state index contributed by atoms with van der Waals surface area (Å²) in [5.41, 5.74) is 0. The molecule has 0 fully saturated rings. The van der Waals surface area contributed by atoms with Gasteiger partial charge < -0.3 is 17.6 Å². The van der Waals surface area contributed by atoms with Crippen molar-refractivity contribution < 1.29 is 36.4 Å². The van der Waals surface area contributed by atoms with Crippen LogP contribution in [0.4, 0.5) is 0 Å². The minimum absolute atomic E-state index is 0. The van der Waals surface area contributed by atoms with Gasteiger partial charge in [-0.15, -0.1) is 31.8 Å². The van der Waals surface area contributed by atoms with Crippen LogP contribution in [0.1, 0.15) is 46.0 Å². The molecule has 21 heavy (non-hydrogen) atoms. The zero-order valence-electron chi connectivity index (χ0n) is 13.8. The van der Waals surface area contributed by atoms with E-state index in [4.69, 9.17) is 0 Å². The first kappa shape index (κ1) is 28.9. The fraction of sp³-hybridized carbons (Fsp3) is 0.500. The molecule has 0 aromatic rings. The molecule has 0 saturated heterocycles. The molecule has 0 radical (unpaired) electrons. The van der Waals surface area contributed by atoms with E-state index < -0.39 is 12.2 Å². The molecule has 0 bridgehead atoms. The van der Waals surface area contributed by atoms with E-state index in [9.17, 15) is 10.2 Å². The monoisotopic (exact) mass is 368 g/mol. The van der Waals surface area contributed by atoms with Crippen molar-refractivity contribution >= 4 is 0 Å². The quantitative estimate of drug-likeness (QED) is 0.533. The molecule has 0 aromatic heterocycles. The Morgan fingerprint density at radius 2 is 1.52 bits per heavy atom. The van der Waals surface area contributed by atoms with Crippen LogP contribution in [-0.2, 0) is 26.2 Å². The molecule has 1 aliphatic rings. The minimum atomic E-state index is -0.419. The summed E-state index contributed by atoms with van der Waals surface area (Å²) >= 11 is 0. The molecule has 0 heterocycles. The van der Waals surface area contributed by atoms with Crippen LogP contribution in [0.5, 0.6) is 0 Å². The summed E-state index contributed by atoms with van der Waals surface area (Å²) in [5, 5.41) is 20.5. The molecular formula is C18H30O2Zr. The van der Waals surface area contributed by atoms with Gasteiger partial charge in [-0.25, -0.2) is 12.2 Å². The standard InChI is InChI=1S/2C6H11O.C5H5.CH3.Zr/c2*1-3-4-5-6(2)7;1-2-4-5-3-1;;/h2*3,6H,1,4-5H2,2H3;1-3H,4H2;1H3;/q4*-1;+4. The summed E-state index contributed by atoms with van der Waals surface area (Å²) in [6.45, 7) is 10.3. The van der Waals surface area contributed by atoms with Crippen LogP contribution in [0.15, 0.2) is 43.5 Å². The maximum atomic E-state index is 10.2. The molecule has 0 aliphatic heterocycles. The molecule has 0 saturated carbocycles.